The van der Waals surface area contributed by atoms with Crippen molar-refractivity contribution in [3.8, 4) is 0 Å². The first-order valence-corrected chi connectivity index (χ1v) is 4.79. The Hall–Kier alpha value is -0.770. The number of carbonyl (C=O) groups excluding carboxylic acids is 1. The molecule has 0 aromatic carbocycles. The van der Waals surface area contributed by atoms with Gasteiger partial charge in [-0.3, -0.25) is 0 Å². The molecule has 0 unspecified atom stereocenters. The number of aliphatic hydroxyl groups is 1. The van der Waals surface area contributed by atoms with E-state index in [2.05, 4.69) is 0 Å². The second-order valence-electron chi connectivity index (χ2n) is 3.59. The van der Waals surface area contributed by atoms with Gasteiger partial charge in [-0.2, -0.15) is 0 Å². The molecule has 76 valence electrons. The molecule has 1 fully saturated rings. The molecule has 0 radical (unpaired) electrons. The van der Waals surface area contributed by atoms with E-state index in [1.807, 2.05) is 0 Å². The van der Waals surface area contributed by atoms with Crippen molar-refractivity contribution in [2.75, 3.05) is 6.61 Å². The van der Waals surface area contributed by atoms with Crippen LogP contribution in [0, 0.1) is 5.92 Å². The molecule has 4 nitrogen and oxygen atoms in total. The van der Waals surface area contributed by atoms with E-state index in [-0.39, 0.29) is 12.7 Å². The lowest BCUT2D eigenvalue weighted by atomic mass is 9.85. The largest absolute Gasteiger partial charge is 0.446 e. The lowest BCUT2D eigenvalue weighted by Gasteiger charge is -2.27. The molecule has 1 amide bonds. The van der Waals surface area contributed by atoms with Gasteiger partial charge in [-0.15, -0.1) is 0 Å². The first kappa shape index (κ1) is 10.3. The summed E-state index contributed by atoms with van der Waals surface area (Å²) in [6.45, 7) is 0.256. The number of rotatable bonds is 3. The van der Waals surface area contributed by atoms with Gasteiger partial charge in [0, 0.05) is 6.61 Å². The van der Waals surface area contributed by atoms with Gasteiger partial charge in [-0.05, 0) is 38.0 Å². The van der Waals surface area contributed by atoms with E-state index in [4.69, 9.17) is 15.6 Å². The van der Waals surface area contributed by atoms with Crippen molar-refractivity contribution < 1.29 is 14.6 Å². The number of amides is 1. The summed E-state index contributed by atoms with van der Waals surface area (Å²) in [5.74, 6) is 0.595. The molecule has 0 atom stereocenters. The third kappa shape index (κ3) is 3.63. The predicted octanol–water partition coefficient (Wildman–Crippen LogP) is 1.02. The van der Waals surface area contributed by atoms with E-state index in [1.54, 1.807) is 0 Å². The van der Waals surface area contributed by atoms with Crippen LogP contribution in [0.15, 0.2) is 0 Å². The zero-order valence-electron chi connectivity index (χ0n) is 7.74. The summed E-state index contributed by atoms with van der Waals surface area (Å²) in [6.07, 6.45) is 4.01. The molecule has 1 aliphatic carbocycles. The van der Waals surface area contributed by atoms with E-state index in [0.717, 1.165) is 32.1 Å². The van der Waals surface area contributed by atoms with Crippen molar-refractivity contribution in [3.05, 3.63) is 0 Å². The predicted molar refractivity (Wildman–Crippen MR) is 48.1 cm³/mol. The summed E-state index contributed by atoms with van der Waals surface area (Å²) in [6, 6.07) is 0. The Balaban J connectivity index is 2.18. The third-order valence-corrected chi connectivity index (χ3v) is 2.61. The maximum absolute atomic E-state index is 10.4. The Morgan fingerprint density at radius 3 is 2.46 bits per heavy atom. The normalized spacial score (nSPS) is 28.4. The highest BCUT2D eigenvalue weighted by Gasteiger charge is 2.22. The fraction of sp³-hybridized carbons (Fsp3) is 0.889. The second kappa shape index (κ2) is 5.07. The van der Waals surface area contributed by atoms with E-state index in [0.29, 0.717) is 5.92 Å². The Kier molecular flexibility index (Phi) is 4.02. The van der Waals surface area contributed by atoms with Gasteiger partial charge in [0.05, 0.1) is 0 Å². The highest BCUT2D eigenvalue weighted by Crippen LogP contribution is 2.28. The smallest absolute Gasteiger partial charge is 0.404 e. The van der Waals surface area contributed by atoms with Crippen molar-refractivity contribution in [1.29, 1.82) is 0 Å². The molecule has 1 rings (SSSR count). The van der Waals surface area contributed by atoms with E-state index >= 15 is 0 Å². The van der Waals surface area contributed by atoms with Crippen molar-refractivity contribution in [2.45, 2.75) is 38.2 Å². The number of primary amides is 1. The standard InChI is InChI=1S/C9H17NO3/c10-9(12)13-8-3-1-7(2-4-8)5-6-11/h7-8,11H,1-6H2,(H2,10,12). The van der Waals surface area contributed by atoms with Crippen LogP contribution >= 0.6 is 0 Å². The van der Waals surface area contributed by atoms with Crippen LogP contribution in [0.3, 0.4) is 0 Å². The van der Waals surface area contributed by atoms with Gasteiger partial charge < -0.3 is 15.6 Å². The average molecular weight is 187 g/mol. The van der Waals surface area contributed by atoms with Crippen molar-refractivity contribution in [3.63, 3.8) is 0 Å². The molecule has 4 heteroatoms. The molecule has 0 aromatic heterocycles. The molecular weight excluding hydrogens is 170 g/mol. The van der Waals surface area contributed by atoms with Gasteiger partial charge in [0.25, 0.3) is 0 Å². The fourth-order valence-corrected chi connectivity index (χ4v) is 1.89. The molecule has 1 aliphatic rings. The van der Waals surface area contributed by atoms with Crippen molar-refractivity contribution >= 4 is 6.09 Å². The number of hydrogen-bond acceptors (Lipinski definition) is 3. The number of nitrogens with two attached hydrogens (primary N) is 1. The number of hydrogen-bond donors (Lipinski definition) is 2. The summed E-state index contributed by atoms with van der Waals surface area (Å²) in [7, 11) is 0. The highest BCUT2D eigenvalue weighted by molar-refractivity contribution is 5.64. The van der Waals surface area contributed by atoms with Crippen LogP contribution in [0.1, 0.15) is 32.1 Å². The summed E-state index contributed by atoms with van der Waals surface area (Å²) in [5, 5.41) is 8.72. The highest BCUT2D eigenvalue weighted by atomic mass is 16.6. The van der Waals surface area contributed by atoms with E-state index in [1.165, 1.54) is 0 Å². The average Bonchev–Trinajstić information content (AvgIpc) is 2.08. The number of aliphatic hydroxyl groups excluding tert-OH is 1. The summed E-state index contributed by atoms with van der Waals surface area (Å²) in [4.78, 5) is 10.4. The van der Waals surface area contributed by atoms with Gasteiger partial charge in [0.2, 0.25) is 0 Å². The molecule has 0 spiro atoms. The molecule has 0 aromatic rings. The zero-order valence-corrected chi connectivity index (χ0v) is 7.74. The van der Waals surface area contributed by atoms with Crippen LogP contribution in [0.4, 0.5) is 4.79 Å². The van der Waals surface area contributed by atoms with E-state index < -0.39 is 6.09 Å². The summed E-state index contributed by atoms with van der Waals surface area (Å²) < 4.78 is 4.89. The molecule has 13 heavy (non-hydrogen) atoms. The third-order valence-electron chi connectivity index (χ3n) is 2.61. The SMILES string of the molecule is NC(=O)OC1CCC(CCO)CC1. The monoisotopic (exact) mass is 187 g/mol. The van der Waals surface area contributed by atoms with Crippen LogP contribution in [-0.2, 0) is 4.74 Å². The van der Waals surface area contributed by atoms with Crippen LogP contribution in [0.25, 0.3) is 0 Å². The first-order chi connectivity index (χ1) is 6.22. The minimum Gasteiger partial charge on any atom is -0.446 e. The Bertz CT molecular complexity index is 164. The lowest BCUT2D eigenvalue weighted by Crippen LogP contribution is -2.27. The Morgan fingerprint density at radius 1 is 1.38 bits per heavy atom. The number of ether oxygens (including phenoxy) is 1. The number of carbonyl (C=O) groups is 1. The molecule has 0 saturated heterocycles. The van der Waals surface area contributed by atoms with Gasteiger partial charge in [-0.25, -0.2) is 4.79 Å². The van der Waals surface area contributed by atoms with Gasteiger partial charge in [0.15, 0.2) is 0 Å². The van der Waals surface area contributed by atoms with E-state index in [9.17, 15) is 4.79 Å². The minimum atomic E-state index is -0.675. The zero-order chi connectivity index (χ0) is 9.68. The second-order valence-corrected chi connectivity index (χ2v) is 3.59. The van der Waals surface area contributed by atoms with Gasteiger partial charge in [-0.1, -0.05) is 0 Å². The van der Waals surface area contributed by atoms with Crippen molar-refractivity contribution in [2.24, 2.45) is 11.7 Å². The van der Waals surface area contributed by atoms with Crippen LogP contribution in [-0.4, -0.2) is 23.9 Å². The summed E-state index contributed by atoms with van der Waals surface area (Å²) in [5.41, 5.74) is 4.92. The lowest BCUT2D eigenvalue weighted by molar-refractivity contribution is 0.0669. The maximum atomic E-state index is 10.4. The maximum Gasteiger partial charge on any atom is 0.404 e. The molecule has 0 bridgehead atoms. The summed E-state index contributed by atoms with van der Waals surface area (Å²) >= 11 is 0. The van der Waals surface area contributed by atoms with Gasteiger partial charge >= 0.3 is 6.09 Å². The van der Waals surface area contributed by atoms with Crippen molar-refractivity contribution in [1.82, 2.24) is 0 Å². The van der Waals surface area contributed by atoms with Crippen LogP contribution < -0.4 is 5.73 Å². The molecule has 0 aliphatic heterocycles. The fourth-order valence-electron chi connectivity index (χ4n) is 1.89. The molecule has 3 N–H and O–H groups in total. The quantitative estimate of drug-likeness (QED) is 0.693. The molecule has 0 heterocycles. The molecule has 1 saturated carbocycles. The van der Waals surface area contributed by atoms with Crippen LogP contribution in [0.2, 0.25) is 0 Å². The topological polar surface area (TPSA) is 72.6 Å². The Morgan fingerprint density at radius 2 is 2.00 bits per heavy atom. The molecular formula is C9H17NO3. The van der Waals surface area contributed by atoms with Crippen LogP contribution in [0.5, 0.6) is 0 Å². The first-order valence-electron chi connectivity index (χ1n) is 4.79. The minimum absolute atomic E-state index is 0.00689. The Labute approximate surface area is 78.1 Å². The van der Waals surface area contributed by atoms with Gasteiger partial charge in [0.1, 0.15) is 6.10 Å².